The molecule has 3 heterocycles. The van der Waals surface area contributed by atoms with Gasteiger partial charge in [0.05, 0.1) is 11.9 Å². The molecule has 0 amide bonds. The number of anilines is 1. The Morgan fingerprint density at radius 2 is 2.04 bits per heavy atom. The molecule has 24 heavy (non-hydrogen) atoms. The fourth-order valence-corrected chi connectivity index (χ4v) is 3.67. The largest absolute Gasteiger partial charge is 0.352 e. The van der Waals surface area contributed by atoms with E-state index in [9.17, 15) is 0 Å². The lowest BCUT2D eigenvalue weighted by Gasteiger charge is -2.44. The van der Waals surface area contributed by atoms with Crippen molar-refractivity contribution in [3.8, 4) is 10.6 Å². The maximum Gasteiger partial charge on any atom is 0.147 e. The second kappa shape index (κ2) is 6.67. The molecule has 1 aliphatic heterocycles. The van der Waals surface area contributed by atoms with E-state index in [1.807, 2.05) is 12.3 Å². The smallest absolute Gasteiger partial charge is 0.147 e. The van der Waals surface area contributed by atoms with E-state index in [-0.39, 0.29) is 0 Å². The van der Waals surface area contributed by atoms with E-state index in [0.717, 1.165) is 36.2 Å². The maximum absolute atomic E-state index is 4.78. The number of nitrogens with zero attached hydrogens (tertiary/aromatic N) is 5. The lowest BCUT2D eigenvalue weighted by Crippen LogP contribution is -2.58. The van der Waals surface area contributed by atoms with E-state index in [1.165, 1.54) is 5.56 Å². The molecule has 0 spiro atoms. The summed E-state index contributed by atoms with van der Waals surface area (Å²) in [6.45, 7) is 2.86. The number of likely N-dealkylation sites (N-methyl/N-ethyl adjacent to an activating group) is 1. The predicted molar refractivity (Wildman–Crippen MR) is 97.1 cm³/mol. The van der Waals surface area contributed by atoms with Crippen LogP contribution in [0, 0.1) is 0 Å². The average Bonchev–Trinajstić information content (AvgIpc) is 3.04. The molecule has 4 rings (SSSR count). The number of thiazole rings is 1. The van der Waals surface area contributed by atoms with Gasteiger partial charge in [-0.25, -0.2) is 9.97 Å². The molecule has 0 radical (unpaired) electrons. The number of aromatic nitrogens is 3. The van der Waals surface area contributed by atoms with Gasteiger partial charge in [-0.3, -0.25) is 9.88 Å². The summed E-state index contributed by atoms with van der Waals surface area (Å²) in [6.07, 6.45) is 5.27. The third kappa shape index (κ3) is 3.16. The predicted octanol–water partition coefficient (Wildman–Crippen LogP) is 2.92. The summed E-state index contributed by atoms with van der Waals surface area (Å²) in [5.74, 6) is 0.960. The lowest BCUT2D eigenvalue weighted by atomic mass is 10.1. The number of benzene rings is 1. The molecule has 0 atom stereocenters. The van der Waals surface area contributed by atoms with Crippen molar-refractivity contribution in [1.82, 2.24) is 19.9 Å². The van der Waals surface area contributed by atoms with Crippen molar-refractivity contribution in [3.05, 3.63) is 60.0 Å². The van der Waals surface area contributed by atoms with Crippen LogP contribution < -0.4 is 4.90 Å². The van der Waals surface area contributed by atoms with E-state index in [0.29, 0.717) is 6.04 Å². The molecule has 0 unspecified atom stereocenters. The quantitative estimate of drug-likeness (QED) is 0.716. The van der Waals surface area contributed by atoms with Crippen LogP contribution in [-0.4, -0.2) is 46.0 Å². The van der Waals surface area contributed by atoms with Crippen molar-refractivity contribution in [2.45, 2.75) is 12.6 Å². The Labute approximate surface area is 145 Å². The minimum Gasteiger partial charge on any atom is -0.352 e. The van der Waals surface area contributed by atoms with Crippen LogP contribution in [0.2, 0.25) is 0 Å². The monoisotopic (exact) mass is 337 g/mol. The first kappa shape index (κ1) is 15.2. The van der Waals surface area contributed by atoms with Crippen molar-refractivity contribution >= 4 is 17.2 Å². The highest BCUT2D eigenvalue weighted by molar-refractivity contribution is 7.13. The van der Waals surface area contributed by atoms with E-state index >= 15 is 0 Å². The van der Waals surface area contributed by atoms with Crippen LogP contribution in [0.5, 0.6) is 0 Å². The fraction of sp³-hybridized carbons (Fsp3) is 0.278. The molecule has 3 aromatic rings. The molecule has 1 saturated heterocycles. The molecule has 0 aliphatic carbocycles. The zero-order chi connectivity index (χ0) is 16.4. The molecule has 6 heteroatoms. The van der Waals surface area contributed by atoms with Gasteiger partial charge in [0.25, 0.3) is 0 Å². The maximum atomic E-state index is 4.78. The first-order valence-corrected chi connectivity index (χ1v) is 8.88. The molecule has 0 N–H and O–H groups in total. The second-order valence-corrected chi connectivity index (χ2v) is 6.91. The standard InChI is InChI=1S/C18H19N5S/c1-22(16-11-23(12-16)17-9-19-7-8-20-17)10-15-13-24-18(21-15)14-5-3-2-4-6-14/h2-9,13,16H,10-12H2,1H3. The van der Waals surface area contributed by atoms with E-state index < -0.39 is 0 Å². The Balaban J connectivity index is 1.34. The van der Waals surface area contributed by atoms with Gasteiger partial charge in [0, 0.05) is 49.0 Å². The van der Waals surface area contributed by atoms with Crippen molar-refractivity contribution in [1.29, 1.82) is 0 Å². The summed E-state index contributed by atoms with van der Waals surface area (Å²) >= 11 is 1.71. The zero-order valence-corrected chi connectivity index (χ0v) is 14.4. The van der Waals surface area contributed by atoms with Gasteiger partial charge in [0.2, 0.25) is 0 Å². The summed E-state index contributed by atoms with van der Waals surface area (Å²) in [4.78, 5) is 17.9. The highest BCUT2D eigenvalue weighted by Gasteiger charge is 2.31. The van der Waals surface area contributed by atoms with Crippen molar-refractivity contribution in [2.75, 3.05) is 25.0 Å². The van der Waals surface area contributed by atoms with Crippen LogP contribution in [0.4, 0.5) is 5.82 Å². The van der Waals surface area contributed by atoms with Crippen LogP contribution in [0.1, 0.15) is 5.69 Å². The van der Waals surface area contributed by atoms with E-state index in [2.05, 4.69) is 56.5 Å². The van der Waals surface area contributed by atoms with Crippen molar-refractivity contribution in [2.24, 2.45) is 0 Å². The summed E-state index contributed by atoms with van der Waals surface area (Å²) in [6, 6.07) is 10.9. The summed E-state index contributed by atoms with van der Waals surface area (Å²) < 4.78 is 0. The van der Waals surface area contributed by atoms with Gasteiger partial charge in [0.1, 0.15) is 10.8 Å². The summed E-state index contributed by atoms with van der Waals surface area (Å²) in [7, 11) is 2.17. The minimum absolute atomic E-state index is 0.536. The fourth-order valence-electron chi connectivity index (χ4n) is 2.85. The Hall–Kier alpha value is -2.31. The molecule has 122 valence electrons. The van der Waals surface area contributed by atoms with Crippen LogP contribution in [0.25, 0.3) is 10.6 Å². The van der Waals surface area contributed by atoms with Gasteiger partial charge in [-0.15, -0.1) is 11.3 Å². The highest BCUT2D eigenvalue weighted by Crippen LogP contribution is 2.25. The Bertz CT molecular complexity index is 783. The lowest BCUT2D eigenvalue weighted by molar-refractivity contribution is 0.195. The van der Waals surface area contributed by atoms with Crippen LogP contribution >= 0.6 is 11.3 Å². The number of rotatable bonds is 5. The highest BCUT2D eigenvalue weighted by atomic mass is 32.1. The zero-order valence-electron chi connectivity index (χ0n) is 13.5. The van der Waals surface area contributed by atoms with Crippen LogP contribution in [-0.2, 0) is 6.54 Å². The molecule has 0 bridgehead atoms. The first-order chi connectivity index (χ1) is 11.8. The summed E-state index contributed by atoms with van der Waals surface area (Å²) in [5.41, 5.74) is 2.33. The summed E-state index contributed by atoms with van der Waals surface area (Å²) in [5, 5.41) is 3.26. The normalized spacial score (nSPS) is 14.8. The molecule has 1 aromatic carbocycles. The molecular formula is C18H19N5S. The topological polar surface area (TPSA) is 45.2 Å². The Morgan fingerprint density at radius 3 is 2.79 bits per heavy atom. The Kier molecular flexibility index (Phi) is 4.23. The second-order valence-electron chi connectivity index (χ2n) is 6.05. The van der Waals surface area contributed by atoms with Crippen LogP contribution in [0.15, 0.2) is 54.3 Å². The van der Waals surface area contributed by atoms with Gasteiger partial charge in [0.15, 0.2) is 0 Å². The van der Waals surface area contributed by atoms with Gasteiger partial charge < -0.3 is 4.90 Å². The van der Waals surface area contributed by atoms with E-state index in [1.54, 1.807) is 23.7 Å². The van der Waals surface area contributed by atoms with Gasteiger partial charge in [-0.2, -0.15) is 0 Å². The van der Waals surface area contributed by atoms with Gasteiger partial charge in [-0.1, -0.05) is 30.3 Å². The first-order valence-electron chi connectivity index (χ1n) is 8.00. The van der Waals surface area contributed by atoms with Crippen LogP contribution in [0.3, 0.4) is 0 Å². The van der Waals surface area contributed by atoms with Crippen molar-refractivity contribution in [3.63, 3.8) is 0 Å². The van der Waals surface area contributed by atoms with Gasteiger partial charge in [-0.05, 0) is 7.05 Å². The third-order valence-electron chi connectivity index (χ3n) is 4.34. The minimum atomic E-state index is 0.536. The van der Waals surface area contributed by atoms with Gasteiger partial charge >= 0.3 is 0 Å². The molecule has 1 aliphatic rings. The van der Waals surface area contributed by atoms with E-state index in [4.69, 9.17) is 4.98 Å². The third-order valence-corrected chi connectivity index (χ3v) is 5.28. The Morgan fingerprint density at radius 1 is 1.21 bits per heavy atom. The molecule has 1 fully saturated rings. The SMILES string of the molecule is CN(Cc1csc(-c2ccccc2)n1)C1CN(c2cnccn2)C1. The van der Waals surface area contributed by atoms with Crippen molar-refractivity contribution < 1.29 is 0 Å². The number of hydrogen-bond donors (Lipinski definition) is 0. The average molecular weight is 337 g/mol. The molecule has 5 nitrogen and oxygen atoms in total. The molecular weight excluding hydrogens is 318 g/mol. The molecule has 2 aromatic heterocycles. The number of hydrogen-bond acceptors (Lipinski definition) is 6. The molecule has 0 saturated carbocycles.